The number of carbonyl (C=O) groups is 1. The molecule has 8 heteroatoms. The van der Waals surface area contributed by atoms with E-state index in [0.717, 1.165) is 37.3 Å². The van der Waals surface area contributed by atoms with Crippen LogP contribution in [0.3, 0.4) is 0 Å². The van der Waals surface area contributed by atoms with Crippen LogP contribution in [0.15, 0.2) is 30.5 Å². The summed E-state index contributed by atoms with van der Waals surface area (Å²) >= 11 is 0. The highest BCUT2D eigenvalue weighted by molar-refractivity contribution is 6.06. The number of rotatable bonds is 2. The van der Waals surface area contributed by atoms with Gasteiger partial charge in [-0.2, -0.15) is 4.98 Å². The summed E-state index contributed by atoms with van der Waals surface area (Å²) in [6.07, 6.45) is 4.66. The molecule has 7 nitrogen and oxygen atoms in total. The first kappa shape index (κ1) is 17.2. The Morgan fingerprint density at radius 3 is 2.46 bits per heavy atom. The van der Waals surface area contributed by atoms with Crippen LogP contribution in [0.1, 0.15) is 25.7 Å². The number of nitrogens with zero attached hydrogens (tertiary/aromatic N) is 4. The molecular weight excluding hydrogens is 359 g/mol. The van der Waals surface area contributed by atoms with Crippen molar-refractivity contribution in [1.82, 2.24) is 9.97 Å². The summed E-state index contributed by atoms with van der Waals surface area (Å²) in [4.78, 5) is 25.5. The van der Waals surface area contributed by atoms with E-state index in [4.69, 9.17) is 0 Å². The molecule has 1 spiro atoms. The largest absolute Gasteiger partial charge is 0.369 e. The van der Waals surface area contributed by atoms with Gasteiger partial charge in [0.25, 0.3) is 0 Å². The van der Waals surface area contributed by atoms with Crippen molar-refractivity contribution < 1.29 is 9.18 Å². The van der Waals surface area contributed by atoms with Crippen molar-refractivity contribution in [2.45, 2.75) is 31.2 Å². The Hall–Kier alpha value is -2.90. The van der Waals surface area contributed by atoms with Gasteiger partial charge in [-0.1, -0.05) is 12.1 Å². The lowest BCUT2D eigenvalue weighted by atomic mass is 9.84. The fraction of sp³-hybridized carbons (Fsp3) is 0.450. The molecular formula is C20H23FN6O. The monoisotopic (exact) mass is 382 g/mol. The summed E-state index contributed by atoms with van der Waals surface area (Å²) in [5.74, 6) is 0.563. The van der Waals surface area contributed by atoms with Gasteiger partial charge >= 0.3 is 0 Å². The van der Waals surface area contributed by atoms with Gasteiger partial charge < -0.3 is 20.4 Å². The smallest absolute Gasteiger partial charge is 0.250 e. The highest BCUT2D eigenvalue weighted by Gasteiger charge is 2.44. The second-order valence-electron chi connectivity index (χ2n) is 7.73. The molecule has 2 saturated heterocycles. The van der Waals surface area contributed by atoms with Crippen LogP contribution in [0.4, 0.5) is 27.5 Å². The summed E-state index contributed by atoms with van der Waals surface area (Å²) in [5, 5.41) is 6.47. The van der Waals surface area contributed by atoms with Crippen molar-refractivity contribution in [3.63, 3.8) is 0 Å². The zero-order valence-corrected chi connectivity index (χ0v) is 15.6. The molecule has 2 N–H and O–H groups in total. The first-order valence-corrected chi connectivity index (χ1v) is 9.86. The Bertz CT molecular complexity index is 905. The van der Waals surface area contributed by atoms with Gasteiger partial charge in [0.05, 0.1) is 17.6 Å². The van der Waals surface area contributed by atoms with Gasteiger partial charge in [-0.25, -0.2) is 9.37 Å². The maximum Gasteiger partial charge on any atom is 0.250 e. The van der Waals surface area contributed by atoms with Crippen LogP contribution in [0.25, 0.3) is 0 Å². The topological polar surface area (TPSA) is 73.4 Å². The number of hydrogen-bond acceptors (Lipinski definition) is 6. The lowest BCUT2D eigenvalue weighted by molar-refractivity contribution is -0.121. The minimum absolute atomic E-state index is 0.00336. The number of fused-ring (bicyclic) bond motifs is 1. The second kappa shape index (κ2) is 6.61. The van der Waals surface area contributed by atoms with E-state index in [9.17, 15) is 9.18 Å². The molecule has 2 aromatic rings. The van der Waals surface area contributed by atoms with Crippen LogP contribution in [0, 0.1) is 5.82 Å². The maximum atomic E-state index is 14.2. The van der Waals surface area contributed by atoms with Gasteiger partial charge in [0, 0.05) is 26.2 Å². The average Bonchev–Trinajstić information content (AvgIpc) is 3.25. The minimum Gasteiger partial charge on any atom is -0.369 e. The van der Waals surface area contributed by atoms with E-state index in [1.807, 2.05) is 34.1 Å². The number of carbonyl (C=O) groups excluding carboxylic acids is 1. The lowest BCUT2D eigenvalue weighted by Gasteiger charge is -2.44. The number of anilines is 4. The molecule has 3 aliphatic heterocycles. The number of halogens is 1. The molecule has 1 aromatic carbocycles. The highest BCUT2D eigenvalue weighted by Crippen LogP contribution is 2.37. The van der Waals surface area contributed by atoms with Gasteiger partial charge in [-0.05, 0) is 37.8 Å². The Balaban J connectivity index is 1.34. The van der Waals surface area contributed by atoms with E-state index in [0.29, 0.717) is 37.7 Å². The molecule has 2 fully saturated rings. The molecule has 28 heavy (non-hydrogen) atoms. The number of hydrogen-bond donors (Lipinski definition) is 2. The summed E-state index contributed by atoms with van der Waals surface area (Å²) < 4.78 is 14.2. The van der Waals surface area contributed by atoms with Gasteiger partial charge in [0.1, 0.15) is 5.54 Å². The zero-order chi connectivity index (χ0) is 19.1. The van der Waals surface area contributed by atoms with Crippen molar-refractivity contribution in [2.75, 3.05) is 46.6 Å². The van der Waals surface area contributed by atoms with Crippen molar-refractivity contribution in [1.29, 1.82) is 0 Å². The quantitative estimate of drug-likeness (QED) is 0.832. The molecule has 4 heterocycles. The predicted octanol–water partition coefficient (Wildman–Crippen LogP) is 2.62. The molecule has 0 radical (unpaired) electrons. The Morgan fingerprint density at radius 2 is 1.71 bits per heavy atom. The highest BCUT2D eigenvalue weighted by atomic mass is 19.1. The van der Waals surface area contributed by atoms with E-state index in [2.05, 4.69) is 20.6 Å². The van der Waals surface area contributed by atoms with Crippen molar-refractivity contribution in [3.05, 3.63) is 36.3 Å². The molecule has 0 unspecified atom stereocenters. The number of aromatic nitrogens is 2. The van der Waals surface area contributed by atoms with E-state index < -0.39 is 5.54 Å². The Labute approximate surface area is 163 Å². The van der Waals surface area contributed by atoms with Crippen LogP contribution < -0.4 is 20.4 Å². The van der Waals surface area contributed by atoms with Crippen LogP contribution >= 0.6 is 0 Å². The number of benzene rings is 1. The number of amides is 1. The third kappa shape index (κ3) is 2.83. The molecule has 146 valence electrons. The molecule has 0 saturated carbocycles. The number of nitrogens with one attached hydrogen (secondary N) is 2. The number of piperidine rings is 1. The van der Waals surface area contributed by atoms with Crippen molar-refractivity contribution in [2.24, 2.45) is 0 Å². The maximum absolute atomic E-state index is 14.2. The third-order valence-electron chi connectivity index (χ3n) is 6.00. The molecule has 1 aromatic heterocycles. The minimum atomic E-state index is -0.622. The van der Waals surface area contributed by atoms with Gasteiger partial charge in [0.15, 0.2) is 11.6 Å². The van der Waals surface area contributed by atoms with E-state index in [1.54, 1.807) is 0 Å². The summed E-state index contributed by atoms with van der Waals surface area (Å²) in [5.41, 5.74) is 1.14. The zero-order valence-electron chi connectivity index (χ0n) is 15.6. The van der Waals surface area contributed by atoms with E-state index >= 15 is 0 Å². The average molecular weight is 382 g/mol. The van der Waals surface area contributed by atoms with Crippen LogP contribution in [0.2, 0.25) is 0 Å². The SMILES string of the molecule is O=C1Nc2ccccc2NC12CCN(c1ncc(F)c(N3CCCC3)n1)CC2. The molecule has 1 amide bonds. The second-order valence-corrected chi connectivity index (χ2v) is 7.73. The van der Waals surface area contributed by atoms with Crippen molar-refractivity contribution in [3.8, 4) is 0 Å². The molecule has 3 aliphatic rings. The molecule has 5 rings (SSSR count). The fourth-order valence-electron chi connectivity index (χ4n) is 4.35. The Kier molecular flexibility index (Phi) is 4.07. The van der Waals surface area contributed by atoms with Crippen LogP contribution in [-0.4, -0.2) is 47.6 Å². The summed E-state index contributed by atoms with van der Waals surface area (Å²) in [7, 11) is 0. The molecule has 0 aliphatic carbocycles. The van der Waals surface area contributed by atoms with Crippen molar-refractivity contribution >= 4 is 29.0 Å². The van der Waals surface area contributed by atoms with E-state index in [1.165, 1.54) is 6.20 Å². The fourth-order valence-corrected chi connectivity index (χ4v) is 4.35. The lowest BCUT2D eigenvalue weighted by Crippen LogP contribution is -2.58. The standard InChI is InChI=1S/C20H23FN6O/c21-14-13-22-19(24-17(14)26-9-3-4-10-26)27-11-7-20(8-12-27)18(28)23-15-5-1-2-6-16(15)25-20/h1-2,5-6,13,25H,3-4,7-12H2,(H,23,28). The van der Waals surface area contributed by atoms with Gasteiger partial charge in [-0.15, -0.1) is 0 Å². The normalized spacial score (nSPS) is 20.7. The van der Waals surface area contributed by atoms with Crippen LogP contribution in [-0.2, 0) is 4.79 Å². The van der Waals surface area contributed by atoms with Crippen LogP contribution in [0.5, 0.6) is 0 Å². The Morgan fingerprint density at radius 1 is 1.00 bits per heavy atom. The molecule has 0 bridgehead atoms. The predicted molar refractivity (Wildman–Crippen MR) is 106 cm³/mol. The summed E-state index contributed by atoms with van der Waals surface area (Å²) in [6, 6.07) is 7.74. The van der Waals surface area contributed by atoms with Gasteiger partial charge in [0.2, 0.25) is 11.9 Å². The third-order valence-corrected chi connectivity index (χ3v) is 6.00. The first-order valence-electron chi connectivity index (χ1n) is 9.86. The van der Waals surface area contributed by atoms with Gasteiger partial charge in [-0.3, -0.25) is 4.79 Å². The van der Waals surface area contributed by atoms with E-state index in [-0.39, 0.29) is 11.7 Å². The molecule has 0 atom stereocenters. The number of para-hydroxylation sites is 2. The summed E-state index contributed by atoms with van der Waals surface area (Å²) in [6.45, 7) is 2.93. The first-order chi connectivity index (χ1) is 13.6.